The third kappa shape index (κ3) is 1.53. The van der Waals surface area contributed by atoms with E-state index in [4.69, 9.17) is 4.74 Å². The Labute approximate surface area is 94.6 Å². The van der Waals surface area contributed by atoms with Crippen molar-refractivity contribution < 1.29 is 4.74 Å². The molecule has 1 fully saturated rings. The Morgan fingerprint density at radius 3 is 3.00 bits per heavy atom. The van der Waals surface area contributed by atoms with E-state index in [9.17, 15) is 0 Å². The molecular formula is C12H17NOS. The molecule has 1 N–H and O–H groups in total. The van der Waals surface area contributed by atoms with Crippen LogP contribution in [0.2, 0.25) is 0 Å². The molecule has 2 atom stereocenters. The lowest BCUT2D eigenvalue weighted by molar-refractivity contribution is -0.00461. The van der Waals surface area contributed by atoms with Gasteiger partial charge in [0.25, 0.3) is 0 Å². The summed E-state index contributed by atoms with van der Waals surface area (Å²) >= 11 is 1.83. The van der Waals surface area contributed by atoms with Gasteiger partial charge in [0.1, 0.15) is 6.23 Å². The van der Waals surface area contributed by atoms with Crippen LogP contribution >= 0.6 is 11.3 Å². The first-order valence-electron chi connectivity index (χ1n) is 5.76. The smallest absolute Gasteiger partial charge is 0.143 e. The van der Waals surface area contributed by atoms with Crippen molar-refractivity contribution in [3.8, 4) is 0 Å². The van der Waals surface area contributed by atoms with E-state index in [0.29, 0.717) is 5.92 Å². The molecule has 2 nitrogen and oxygen atoms in total. The van der Waals surface area contributed by atoms with Crippen molar-refractivity contribution in [2.75, 3.05) is 13.7 Å². The quantitative estimate of drug-likeness (QED) is 0.832. The van der Waals surface area contributed by atoms with E-state index in [1.165, 1.54) is 24.1 Å². The van der Waals surface area contributed by atoms with Crippen LogP contribution in [0, 0.1) is 5.92 Å². The number of hydrogen-bond acceptors (Lipinski definition) is 3. The third-order valence-corrected chi connectivity index (χ3v) is 4.76. The first kappa shape index (κ1) is 9.82. The summed E-state index contributed by atoms with van der Waals surface area (Å²) in [5, 5.41) is 5.43. The minimum absolute atomic E-state index is 0.135. The molecule has 82 valence electrons. The summed E-state index contributed by atoms with van der Waals surface area (Å²) in [7, 11) is 1.97. The van der Waals surface area contributed by atoms with Crippen LogP contribution in [0.1, 0.15) is 41.8 Å². The van der Waals surface area contributed by atoms with Crippen molar-refractivity contribution in [3.05, 3.63) is 21.9 Å². The number of ether oxygens (including phenoxy) is 1. The average molecular weight is 223 g/mol. The SMILES string of the molecule is CNC1OCC(C2CCC2)c2ccsc21. The van der Waals surface area contributed by atoms with Crippen molar-refractivity contribution >= 4 is 11.3 Å². The molecule has 1 aliphatic heterocycles. The normalized spacial score (nSPS) is 31.0. The number of thiophene rings is 1. The van der Waals surface area contributed by atoms with Crippen LogP contribution in [-0.4, -0.2) is 13.7 Å². The lowest BCUT2D eigenvalue weighted by Gasteiger charge is -2.38. The van der Waals surface area contributed by atoms with E-state index >= 15 is 0 Å². The number of rotatable bonds is 2. The number of nitrogens with one attached hydrogen (secondary N) is 1. The van der Waals surface area contributed by atoms with Gasteiger partial charge in [0, 0.05) is 5.92 Å². The highest BCUT2D eigenvalue weighted by Crippen LogP contribution is 2.46. The van der Waals surface area contributed by atoms with Gasteiger partial charge >= 0.3 is 0 Å². The first-order valence-corrected chi connectivity index (χ1v) is 6.64. The Morgan fingerprint density at radius 2 is 2.33 bits per heavy atom. The average Bonchev–Trinajstić information content (AvgIpc) is 2.64. The molecule has 2 unspecified atom stereocenters. The maximum atomic E-state index is 5.88. The molecule has 15 heavy (non-hydrogen) atoms. The van der Waals surface area contributed by atoms with Gasteiger partial charge in [-0.25, -0.2) is 0 Å². The predicted octanol–water partition coefficient (Wildman–Crippen LogP) is 2.88. The van der Waals surface area contributed by atoms with Crippen molar-refractivity contribution in [1.82, 2.24) is 5.32 Å². The van der Waals surface area contributed by atoms with E-state index in [1.807, 2.05) is 18.4 Å². The molecule has 0 radical (unpaired) electrons. The Hall–Kier alpha value is -0.380. The summed E-state index contributed by atoms with van der Waals surface area (Å²) in [5.41, 5.74) is 1.55. The molecule has 0 amide bonds. The van der Waals surface area contributed by atoms with Crippen LogP contribution in [-0.2, 0) is 4.74 Å². The van der Waals surface area contributed by atoms with Gasteiger partial charge in [-0.1, -0.05) is 6.42 Å². The van der Waals surface area contributed by atoms with Crippen LogP contribution in [0.3, 0.4) is 0 Å². The van der Waals surface area contributed by atoms with Crippen molar-refractivity contribution in [2.24, 2.45) is 5.92 Å². The van der Waals surface area contributed by atoms with Gasteiger partial charge in [0.2, 0.25) is 0 Å². The molecule has 3 rings (SSSR count). The second kappa shape index (κ2) is 3.89. The minimum Gasteiger partial charge on any atom is -0.358 e. The van der Waals surface area contributed by atoms with Crippen LogP contribution in [0.5, 0.6) is 0 Å². The Morgan fingerprint density at radius 1 is 1.47 bits per heavy atom. The molecule has 3 heteroatoms. The summed E-state index contributed by atoms with van der Waals surface area (Å²) in [6.45, 7) is 0.903. The summed E-state index contributed by atoms with van der Waals surface area (Å²) in [4.78, 5) is 1.40. The van der Waals surface area contributed by atoms with Crippen LogP contribution < -0.4 is 5.32 Å². The molecule has 2 aliphatic rings. The summed E-state index contributed by atoms with van der Waals surface area (Å²) in [5.74, 6) is 1.56. The zero-order valence-electron chi connectivity index (χ0n) is 9.03. The molecule has 1 aromatic rings. The van der Waals surface area contributed by atoms with E-state index < -0.39 is 0 Å². The van der Waals surface area contributed by atoms with Gasteiger partial charge in [0.05, 0.1) is 11.5 Å². The van der Waals surface area contributed by atoms with E-state index in [0.717, 1.165) is 12.5 Å². The fraction of sp³-hybridized carbons (Fsp3) is 0.667. The van der Waals surface area contributed by atoms with Crippen molar-refractivity contribution in [2.45, 2.75) is 31.4 Å². The molecule has 1 aromatic heterocycles. The highest BCUT2D eigenvalue weighted by atomic mass is 32.1. The minimum atomic E-state index is 0.135. The number of hydrogen-bond donors (Lipinski definition) is 1. The van der Waals surface area contributed by atoms with Gasteiger partial charge in [-0.15, -0.1) is 11.3 Å². The predicted molar refractivity (Wildman–Crippen MR) is 62.2 cm³/mol. The standard InChI is InChI=1S/C12H17NOS/c1-13-12-11-9(5-6-15-11)10(7-14-12)8-3-2-4-8/h5-6,8,10,12-13H,2-4,7H2,1H3. The molecule has 0 saturated heterocycles. The second-order valence-electron chi connectivity index (χ2n) is 4.54. The van der Waals surface area contributed by atoms with Crippen LogP contribution in [0.4, 0.5) is 0 Å². The van der Waals surface area contributed by atoms with Crippen molar-refractivity contribution in [3.63, 3.8) is 0 Å². The van der Waals surface area contributed by atoms with Gasteiger partial charge in [-0.2, -0.15) is 0 Å². The van der Waals surface area contributed by atoms with E-state index in [-0.39, 0.29) is 6.23 Å². The topological polar surface area (TPSA) is 21.3 Å². The Balaban J connectivity index is 1.89. The molecule has 0 aromatic carbocycles. The third-order valence-electron chi connectivity index (χ3n) is 3.79. The van der Waals surface area contributed by atoms with Gasteiger partial charge in [0.15, 0.2) is 0 Å². The summed E-state index contributed by atoms with van der Waals surface area (Å²) in [6.07, 6.45) is 4.34. The van der Waals surface area contributed by atoms with Crippen molar-refractivity contribution in [1.29, 1.82) is 0 Å². The zero-order valence-corrected chi connectivity index (χ0v) is 9.85. The molecule has 2 heterocycles. The molecule has 1 aliphatic carbocycles. The fourth-order valence-electron chi connectivity index (χ4n) is 2.66. The fourth-order valence-corrected chi connectivity index (χ4v) is 3.69. The second-order valence-corrected chi connectivity index (χ2v) is 5.49. The Kier molecular flexibility index (Phi) is 2.54. The molecule has 0 spiro atoms. The van der Waals surface area contributed by atoms with Crippen LogP contribution in [0.15, 0.2) is 11.4 Å². The maximum absolute atomic E-state index is 5.88. The molecule has 0 bridgehead atoms. The number of fused-ring (bicyclic) bond motifs is 1. The zero-order chi connectivity index (χ0) is 10.3. The molecule has 1 saturated carbocycles. The lowest BCUT2D eigenvalue weighted by atomic mass is 9.73. The van der Waals surface area contributed by atoms with Crippen LogP contribution in [0.25, 0.3) is 0 Å². The summed E-state index contributed by atoms with van der Waals surface area (Å²) < 4.78 is 5.88. The summed E-state index contributed by atoms with van der Waals surface area (Å²) in [6, 6.07) is 2.30. The monoisotopic (exact) mass is 223 g/mol. The van der Waals surface area contributed by atoms with Gasteiger partial charge in [-0.05, 0) is 42.8 Å². The van der Waals surface area contributed by atoms with Gasteiger partial charge in [-0.3, -0.25) is 5.32 Å². The highest BCUT2D eigenvalue weighted by Gasteiger charge is 2.35. The highest BCUT2D eigenvalue weighted by molar-refractivity contribution is 7.10. The maximum Gasteiger partial charge on any atom is 0.143 e. The van der Waals surface area contributed by atoms with E-state index in [2.05, 4.69) is 16.8 Å². The molecular weight excluding hydrogens is 206 g/mol. The lowest BCUT2D eigenvalue weighted by Crippen LogP contribution is -2.32. The Bertz CT molecular complexity index is 345. The first-order chi connectivity index (χ1) is 7.40. The van der Waals surface area contributed by atoms with Gasteiger partial charge < -0.3 is 4.74 Å². The largest absolute Gasteiger partial charge is 0.358 e. The van der Waals surface area contributed by atoms with E-state index in [1.54, 1.807) is 5.56 Å².